The van der Waals surface area contributed by atoms with Crippen molar-refractivity contribution in [3.05, 3.63) is 0 Å². The highest BCUT2D eigenvalue weighted by molar-refractivity contribution is 5.76. The van der Waals surface area contributed by atoms with Crippen LogP contribution in [-0.2, 0) is 14.3 Å². The van der Waals surface area contributed by atoms with Crippen molar-refractivity contribution < 1.29 is 14.3 Å². The van der Waals surface area contributed by atoms with Crippen LogP contribution >= 0.6 is 0 Å². The maximum Gasteiger partial charge on any atom is 0.221 e. The maximum atomic E-state index is 11.8. The van der Waals surface area contributed by atoms with Crippen molar-refractivity contribution in [2.24, 2.45) is 11.1 Å². The molecule has 0 spiro atoms. The Balaban J connectivity index is 3.96. The Morgan fingerprint density at radius 2 is 1.74 bits per heavy atom. The van der Waals surface area contributed by atoms with Gasteiger partial charge in [0.15, 0.2) is 6.29 Å². The van der Waals surface area contributed by atoms with Gasteiger partial charge in [-0.3, -0.25) is 4.79 Å². The Morgan fingerprint density at radius 3 is 2.16 bits per heavy atom. The molecule has 3 N–H and O–H groups in total. The van der Waals surface area contributed by atoms with Crippen molar-refractivity contribution in [1.82, 2.24) is 5.32 Å². The van der Waals surface area contributed by atoms with Crippen molar-refractivity contribution in [1.29, 1.82) is 0 Å². The highest BCUT2D eigenvalue weighted by atomic mass is 16.7. The average molecular weight is 274 g/mol. The Labute approximate surface area is 117 Å². The number of carbonyl (C=O) groups excluding carboxylic acids is 1. The number of amides is 1. The van der Waals surface area contributed by atoms with Gasteiger partial charge in [0.05, 0.1) is 6.54 Å². The van der Waals surface area contributed by atoms with Crippen LogP contribution in [0.2, 0.25) is 0 Å². The van der Waals surface area contributed by atoms with Gasteiger partial charge >= 0.3 is 0 Å². The van der Waals surface area contributed by atoms with Gasteiger partial charge in [0.2, 0.25) is 5.91 Å². The van der Waals surface area contributed by atoms with E-state index in [-0.39, 0.29) is 23.7 Å². The molecule has 19 heavy (non-hydrogen) atoms. The van der Waals surface area contributed by atoms with E-state index in [0.29, 0.717) is 26.2 Å². The van der Waals surface area contributed by atoms with Crippen LogP contribution in [0.1, 0.15) is 47.5 Å². The molecular formula is C14H30N2O3. The molecule has 0 heterocycles. The first-order valence-electron chi connectivity index (χ1n) is 7.04. The molecule has 0 aromatic heterocycles. The Kier molecular flexibility index (Phi) is 8.97. The van der Waals surface area contributed by atoms with Gasteiger partial charge in [-0.1, -0.05) is 20.8 Å². The standard InChI is InChI=1S/C14H30N2O3/c1-6-18-13(19-7-2)10-16-12(17)8-11(15)9-14(3,4)5/h11,13H,6-10,15H2,1-5H3,(H,16,17). The van der Waals surface area contributed by atoms with Gasteiger partial charge in [0.25, 0.3) is 0 Å². The minimum Gasteiger partial charge on any atom is -0.351 e. The molecule has 0 aliphatic carbocycles. The van der Waals surface area contributed by atoms with E-state index in [9.17, 15) is 4.79 Å². The molecule has 0 saturated carbocycles. The first-order chi connectivity index (χ1) is 8.78. The third-order valence-corrected chi connectivity index (χ3v) is 2.49. The van der Waals surface area contributed by atoms with Crippen molar-refractivity contribution >= 4 is 5.91 Å². The summed E-state index contributed by atoms with van der Waals surface area (Å²) in [6, 6.07) is -0.113. The van der Waals surface area contributed by atoms with Gasteiger partial charge in [-0.15, -0.1) is 0 Å². The Morgan fingerprint density at radius 1 is 1.21 bits per heavy atom. The van der Waals surface area contributed by atoms with Crippen LogP contribution < -0.4 is 11.1 Å². The van der Waals surface area contributed by atoms with Crippen LogP contribution in [0.4, 0.5) is 0 Å². The van der Waals surface area contributed by atoms with Gasteiger partial charge < -0.3 is 20.5 Å². The number of nitrogens with one attached hydrogen (secondary N) is 1. The topological polar surface area (TPSA) is 73.6 Å². The van der Waals surface area contributed by atoms with Crippen molar-refractivity contribution in [2.45, 2.75) is 59.8 Å². The quantitative estimate of drug-likeness (QED) is 0.627. The molecular weight excluding hydrogens is 244 g/mol. The molecule has 0 aromatic rings. The average Bonchev–Trinajstić information content (AvgIpc) is 2.23. The number of rotatable bonds is 9. The van der Waals surface area contributed by atoms with E-state index >= 15 is 0 Å². The van der Waals surface area contributed by atoms with E-state index in [0.717, 1.165) is 6.42 Å². The molecule has 0 rings (SSSR count). The van der Waals surface area contributed by atoms with Crippen LogP contribution in [0.15, 0.2) is 0 Å². The van der Waals surface area contributed by atoms with E-state index in [4.69, 9.17) is 15.2 Å². The Bertz CT molecular complexity index is 246. The fourth-order valence-corrected chi connectivity index (χ4v) is 1.90. The van der Waals surface area contributed by atoms with Crippen LogP contribution in [-0.4, -0.2) is 38.0 Å². The second-order valence-corrected chi connectivity index (χ2v) is 5.87. The normalized spacial score (nSPS) is 13.6. The molecule has 5 heteroatoms. The van der Waals surface area contributed by atoms with Crippen molar-refractivity contribution in [3.8, 4) is 0 Å². The molecule has 1 unspecified atom stereocenters. The lowest BCUT2D eigenvalue weighted by molar-refractivity contribution is -0.140. The molecule has 5 nitrogen and oxygen atoms in total. The van der Waals surface area contributed by atoms with Gasteiger partial charge in [-0.25, -0.2) is 0 Å². The van der Waals surface area contributed by atoms with Gasteiger partial charge in [-0.2, -0.15) is 0 Å². The Hall–Kier alpha value is -0.650. The van der Waals surface area contributed by atoms with Gasteiger partial charge in [-0.05, 0) is 25.7 Å². The molecule has 0 aromatic carbocycles. The molecule has 1 atom stereocenters. The molecule has 0 fully saturated rings. The number of hydrogen-bond donors (Lipinski definition) is 2. The van der Waals surface area contributed by atoms with E-state index in [1.807, 2.05) is 13.8 Å². The van der Waals surface area contributed by atoms with Gasteiger partial charge in [0, 0.05) is 25.7 Å². The monoisotopic (exact) mass is 274 g/mol. The first-order valence-corrected chi connectivity index (χ1v) is 7.04. The summed E-state index contributed by atoms with van der Waals surface area (Å²) in [6.07, 6.45) is 0.779. The molecule has 114 valence electrons. The first kappa shape index (κ1) is 18.4. The molecule has 0 bridgehead atoms. The fourth-order valence-electron chi connectivity index (χ4n) is 1.90. The summed E-state index contributed by atoms with van der Waals surface area (Å²) in [5.41, 5.74) is 6.10. The predicted molar refractivity (Wildman–Crippen MR) is 76.7 cm³/mol. The molecule has 0 aliphatic rings. The lowest BCUT2D eigenvalue weighted by atomic mass is 9.87. The molecule has 0 saturated heterocycles. The maximum absolute atomic E-state index is 11.8. The largest absolute Gasteiger partial charge is 0.351 e. The van der Waals surface area contributed by atoms with Crippen LogP contribution in [0, 0.1) is 5.41 Å². The van der Waals surface area contributed by atoms with Crippen molar-refractivity contribution in [2.75, 3.05) is 19.8 Å². The summed E-state index contributed by atoms with van der Waals surface area (Å²) in [4.78, 5) is 11.8. The number of ether oxygens (including phenoxy) is 2. The van der Waals surface area contributed by atoms with Crippen LogP contribution in [0.25, 0.3) is 0 Å². The molecule has 0 radical (unpaired) electrons. The number of carbonyl (C=O) groups is 1. The summed E-state index contributed by atoms with van der Waals surface area (Å²) >= 11 is 0. The SMILES string of the molecule is CCOC(CNC(=O)CC(N)CC(C)(C)C)OCC. The zero-order chi connectivity index (χ0) is 14.9. The van der Waals surface area contributed by atoms with Crippen LogP contribution in [0.3, 0.4) is 0 Å². The highest BCUT2D eigenvalue weighted by Gasteiger charge is 2.18. The summed E-state index contributed by atoms with van der Waals surface area (Å²) in [6.45, 7) is 11.6. The fraction of sp³-hybridized carbons (Fsp3) is 0.929. The van der Waals surface area contributed by atoms with Gasteiger partial charge in [0.1, 0.15) is 0 Å². The van der Waals surface area contributed by atoms with E-state index < -0.39 is 0 Å². The van der Waals surface area contributed by atoms with Crippen molar-refractivity contribution in [3.63, 3.8) is 0 Å². The lowest BCUT2D eigenvalue weighted by Crippen LogP contribution is -2.39. The zero-order valence-electron chi connectivity index (χ0n) is 13.0. The predicted octanol–water partition coefficient (Wildman–Crippen LogP) is 1.66. The molecule has 1 amide bonds. The summed E-state index contributed by atoms with van der Waals surface area (Å²) in [5.74, 6) is -0.0545. The smallest absolute Gasteiger partial charge is 0.221 e. The second-order valence-electron chi connectivity index (χ2n) is 5.87. The lowest BCUT2D eigenvalue weighted by Gasteiger charge is -2.23. The van der Waals surface area contributed by atoms with E-state index in [1.54, 1.807) is 0 Å². The number of nitrogens with two attached hydrogens (primary N) is 1. The zero-order valence-corrected chi connectivity index (χ0v) is 13.0. The van der Waals surface area contributed by atoms with E-state index in [1.165, 1.54) is 0 Å². The minimum absolute atomic E-state index is 0.0545. The highest BCUT2D eigenvalue weighted by Crippen LogP contribution is 2.20. The minimum atomic E-state index is -0.377. The van der Waals surface area contributed by atoms with Crippen LogP contribution in [0.5, 0.6) is 0 Å². The third kappa shape index (κ3) is 10.9. The number of hydrogen-bond acceptors (Lipinski definition) is 4. The summed E-state index contributed by atoms with van der Waals surface area (Å²) in [7, 11) is 0. The summed E-state index contributed by atoms with van der Waals surface area (Å²) < 4.78 is 10.7. The second kappa shape index (κ2) is 9.28. The third-order valence-electron chi connectivity index (χ3n) is 2.49. The van der Waals surface area contributed by atoms with E-state index in [2.05, 4.69) is 26.1 Å². The molecule has 0 aliphatic heterocycles. The summed E-state index contributed by atoms with van der Waals surface area (Å²) in [5, 5.41) is 2.80.